The van der Waals surface area contributed by atoms with Crippen molar-refractivity contribution in [3.05, 3.63) is 42.0 Å². The SMILES string of the molecule is COc1nc(-c2cc(C)c(NC(C(C)C)C(C)C)nn2)ccc1-n1cnc(C)c1. The van der Waals surface area contributed by atoms with Crippen LogP contribution in [0.2, 0.25) is 0 Å². The van der Waals surface area contributed by atoms with Crippen LogP contribution in [-0.2, 0) is 0 Å². The van der Waals surface area contributed by atoms with Crippen LogP contribution in [0.25, 0.3) is 17.1 Å². The largest absolute Gasteiger partial charge is 0.479 e. The summed E-state index contributed by atoms with van der Waals surface area (Å²) in [5, 5.41) is 12.4. The second-order valence-corrected chi connectivity index (χ2v) is 8.07. The second kappa shape index (κ2) is 8.59. The molecular formula is C22H30N6O. The summed E-state index contributed by atoms with van der Waals surface area (Å²) in [7, 11) is 1.61. The molecule has 0 fully saturated rings. The average molecular weight is 395 g/mol. The summed E-state index contributed by atoms with van der Waals surface area (Å²) < 4.78 is 7.41. The van der Waals surface area contributed by atoms with Crippen LogP contribution in [-0.4, -0.2) is 37.9 Å². The summed E-state index contributed by atoms with van der Waals surface area (Å²) >= 11 is 0. The van der Waals surface area contributed by atoms with Crippen LogP contribution in [0.4, 0.5) is 5.82 Å². The Labute approximate surface area is 172 Å². The molecule has 29 heavy (non-hydrogen) atoms. The zero-order valence-electron chi connectivity index (χ0n) is 18.3. The van der Waals surface area contributed by atoms with Crippen LogP contribution >= 0.6 is 0 Å². The van der Waals surface area contributed by atoms with Crippen molar-refractivity contribution in [1.29, 1.82) is 0 Å². The lowest BCUT2D eigenvalue weighted by atomic mass is 9.93. The average Bonchev–Trinajstić information content (AvgIpc) is 3.12. The van der Waals surface area contributed by atoms with Crippen molar-refractivity contribution < 1.29 is 4.74 Å². The molecule has 0 aliphatic rings. The summed E-state index contributed by atoms with van der Waals surface area (Å²) in [4.78, 5) is 8.91. The van der Waals surface area contributed by atoms with Crippen LogP contribution in [0.3, 0.4) is 0 Å². The van der Waals surface area contributed by atoms with Gasteiger partial charge in [-0.3, -0.25) is 0 Å². The van der Waals surface area contributed by atoms with E-state index in [1.807, 2.05) is 42.8 Å². The van der Waals surface area contributed by atoms with Crippen molar-refractivity contribution in [2.45, 2.75) is 47.6 Å². The number of imidazole rings is 1. The van der Waals surface area contributed by atoms with Gasteiger partial charge in [0.2, 0.25) is 5.88 Å². The molecular weight excluding hydrogens is 364 g/mol. The number of hydrogen-bond acceptors (Lipinski definition) is 6. The van der Waals surface area contributed by atoms with Gasteiger partial charge in [0.25, 0.3) is 0 Å². The molecule has 0 amide bonds. The predicted octanol–water partition coefficient (Wildman–Crippen LogP) is 4.44. The first-order valence-electron chi connectivity index (χ1n) is 9.97. The first-order chi connectivity index (χ1) is 13.8. The highest BCUT2D eigenvalue weighted by Gasteiger charge is 2.19. The van der Waals surface area contributed by atoms with E-state index in [1.54, 1.807) is 13.4 Å². The standard InChI is InChI=1S/C22H30N6O/c1-13(2)20(14(3)4)25-21-15(5)10-18(26-27-21)17-8-9-19(22(24-17)29-7)28-11-16(6)23-12-28/h8-14,20H,1-7H3,(H,25,27). The van der Waals surface area contributed by atoms with Gasteiger partial charge in [0, 0.05) is 12.2 Å². The molecule has 0 aliphatic heterocycles. The number of ether oxygens (including phenoxy) is 1. The van der Waals surface area contributed by atoms with Gasteiger partial charge in [-0.2, -0.15) is 0 Å². The predicted molar refractivity (Wildman–Crippen MR) is 115 cm³/mol. The number of pyridine rings is 1. The van der Waals surface area contributed by atoms with Crippen molar-refractivity contribution >= 4 is 5.82 Å². The molecule has 7 nitrogen and oxygen atoms in total. The maximum Gasteiger partial charge on any atom is 0.238 e. The number of nitrogens with zero attached hydrogens (tertiary/aromatic N) is 5. The molecule has 0 saturated heterocycles. The van der Waals surface area contributed by atoms with Gasteiger partial charge in [0.1, 0.15) is 11.4 Å². The number of methoxy groups -OCH3 is 1. The Morgan fingerprint density at radius 3 is 2.28 bits per heavy atom. The lowest BCUT2D eigenvalue weighted by Gasteiger charge is -2.27. The Bertz CT molecular complexity index is 971. The molecule has 0 bridgehead atoms. The van der Waals surface area contributed by atoms with Crippen molar-refractivity contribution in [2.24, 2.45) is 11.8 Å². The molecule has 3 aromatic heterocycles. The van der Waals surface area contributed by atoms with Crippen LogP contribution in [0, 0.1) is 25.7 Å². The Morgan fingerprint density at radius 2 is 1.72 bits per heavy atom. The maximum atomic E-state index is 5.51. The fourth-order valence-electron chi connectivity index (χ4n) is 3.49. The molecule has 0 aliphatic carbocycles. The van der Waals surface area contributed by atoms with Gasteiger partial charge in [-0.25, -0.2) is 9.97 Å². The topological polar surface area (TPSA) is 77.8 Å². The molecule has 0 spiro atoms. The van der Waals surface area contributed by atoms with Gasteiger partial charge in [0.05, 0.1) is 24.8 Å². The molecule has 3 aromatic rings. The van der Waals surface area contributed by atoms with Crippen molar-refractivity contribution in [1.82, 2.24) is 24.7 Å². The van der Waals surface area contributed by atoms with E-state index in [2.05, 4.69) is 53.2 Å². The molecule has 154 valence electrons. The first-order valence-corrected chi connectivity index (χ1v) is 9.97. The summed E-state index contributed by atoms with van der Waals surface area (Å²) in [6.07, 6.45) is 3.68. The number of aryl methyl sites for hydroxylation is 2. The number of hydrogen-bond donors (Lipinski definition) is 1. The number of nitrogens with one attached hydrogen (secondary N) is 1. The van der Waals surface area contributed by atoms with Crippen LogP contribution < -0.4 is 10.1 Å². The molecule has 0 unspecified atom stereocenters. The van der Waals surface area contributed by atoms with E-state index in [1.165, 1.54) is 0 Å². The fourth-order valence-corrected chi connectivity index (χ4v) is 3.49. The Hall–Kier alpha value is -2.96. The second-order valence-electron chi connectivity index (χ2n) is 8.07. The van der Waals surface area contributed by atoms with E-state index in [0.717, 1.165) is 22.8 Å². The molecule has 0 radical (unpaired) electrons. The molecule has 0 saturated carbocycles. The summed E-state index contributed by atoms with van der Waals surface area (Å²) in [5.41, 5.74) is 4.23. The molecule has 1 N–H and O–H groups in total. The van der Waals surface area contributed by atoms with Crippen LogP contribution in [0.5, 0.6) is 5.88 Å². The first kappa shape index (κ1) is 20.8. The lowest BCUT2D eigenvalue weighted by molar-refractivity contribution is 0.396. The van der Waals surface area contributed by atoms with Crippen molar-refractivity contribution in [3.63, 3.8) is 0 Å². The Kier molecular flexibility index (Phi) is 6.15. The third-order valence-corrected chi connectivity index (χ3v) is 5.01. The van der Waals surface area contributed by atoms with Gasteiger partial charge >= 0.3 is 0 Å². The van der Waals surface area contributed by atoms with Gasteiger partial charge in [-0.15, -0.1) is 10.2 Å². The zero-order chi connectivity index (χ0) is 21.1. The number of anilines is 1. The summed E-state index contributed by atoms with van der Waals surface area (Å²) in [5.74, 6) is 2.34. The maximum absolute atomic E-state index is 5.51. The molecule has 3 heterocycles. The van der Waals surface area contributed by atoms with E-state index >= 15 is 0 Å². The fraction of sp³-hybridized carbons (Fsp3) is 0.455. The summed E-state index contributed by atoms with van der Waals surface area (Å²) in [6, 6.07) is 6.23. The minimum atomic E-state index is 0.338. The van der Waals surface area contributed by atoms with E-state index in [-0.39, 0.29) is 0 Å². The third-order valence-electron chi connectivity index (χ3n) is 5.01. The van der Waals surface area contributed by atoms with Crippen LogP contribution in [0.15, 0.2) is 30.7 Å². The Balaban J connectivity index is 1.90. The molecule has 0 atom stereocenters. The van der Waals surface area contributed by atoms with Crippen molar-refractivity contribution in [2.75, 3.05) is 12.4 Å². The highest BCUT2D eigenvalue weighted by molar-refractivity contribution is 5.61. The minimum absolute atomic E-state index is 0.338. The summed E-state index contributed by atoms with van der Waals surface area (Å²) in [6.45, 7) is 12.9. The van der Waals surface area contributed by atoms with E-state index in [4.69, 9.17) is 4.74 Å². The van der Waals surface area contributed by atoms with Gasteiger partial charge in [-0.1, -0.05) is 27.7 Å². The highest BCUT2D eigenvalue weighted by atomic mass is 16.5. The zero-order valence-corrected chi connectivity index (χ0v) is 18.3. The number of rotatable bonds is 7. The van der Waals surface area contributed by atoms with Crippen LogP contribution in [0.1, 0.15) is 39.0 Å². The van der Waals surface area contributed by atoms with E-state index < -0.39 is 0 Å². The number of aromatic nitrogens is 5. The third kappa shape index (κ3) is 4.55. The normalized spacial score (nSPS) is 11.5. The van der Waals surface area contributed by atoms with Gasteiger partial charge < -0.3 is 14.6 Å². The molecule has 0 aromatic carbocycles. The van der Waals surface area contributed by atoms with Gasteiger partial charge in [-0.05, 0) is 49.4 Å². The van der Waals surface area contributed by atoms with E-state index in [9.17, 15) is 0 Å². The highest BCUT2D eigenvalue weighted by Crippen LogP contribution is 2.27. The minimum Gasteiger partial charge on any atom is -0.479 e. The monoisotopic (exact) mass is 394 g/mol. The van der Waals surface area contributed by atoms with Gasteiger partial charge in [0.15, 0.2) is 5.82 Å². The molecule has 7 heteroatoms. The smallest absolute Gasteiger partial charge is 0.238 e. The Morgan fingerprint density at radius 1 is 1.00 bits per heavy atom. The molecule has 3 rings (SSSR count). The van der Waals surface area contributed by atoms with E-state index in [0.29, 0.717) is 35.1 Å². The quantitative estimate of drug-likeness (QED) is 0.638. The van der Waals surface area contributed by atoms with Crippen molar-refractivity contribution in [3.8, 4) is 23.0 Å². The lowest BCUT2D eigenvalue weighted by Crippen LogP contribution is -2.32.